The summed E-state index contributed by atoms with van der Waals surface area (Å²) in [5.41, 5.74) is 3.31. The fourth-order valence-corrected chi connectivity index (χ4v) is 4.18. The number of benzene rings is 2. The minimum Gasteiger partial charge on any atom is -0.278 e. The van der Waals surface area contributed by atoms with E-state index in [1.165, 1.54) is 10.3 Å². The van der Waals surface area contributed by atoms with Crippen LogP contribution in [0.4, 0.5) is 0 Å². The van der Waals surface area contributed by atoms with Crippen LogP contribution in [0.1, 0.15) is 23.5 Å². The maximum absolute atomic E-state index is 5.45. The van der Waals surface area contributed by atoms with E-state index in [4.69, 9.17) is 17.2 Å². The van der Waals surface area contributed by atoms with Gasteiger partial charge in [-0.25, -0.2) is 9.67 Å². The lowest BCUT2D eigenvalue weighted by molar-refractivity contribution is 0.195. The van der Waals surface area contributed by atoms with Crippen molar-refractivity contribution in [3.8, 4) is 11.4 Å². The second-order valence-electron chi connectivity index (χ2n) is 6.74. The topological polar surface area (TPSA) is 49.7 Å². The van der Waals surface area contributed by atoms with Crippen molar-refractivity contribution in [3.05, 3.63) is 63.9 Å². The highest BCUT2D eigenvalue weighted by atomic mass is 32.1. The van der Waals surface area contributed by atoms with Crippen LogP contribution in [0.15, 0.2) is 48.5 Å². The summed E-state index contributed by atoms with van der Waals surface area (Å²) in [6, 6.07) is 16.7. The van der Waals surface area contributed by atoms with Gasteiger partial charge in [-0.15, -0.1) is 11.3 Å². The summed E-state index contributed by atoms with van der Waals surface area (Å²) in [6.45, 7) is 4.86. The number of nitrogens with zero attached hydrogens (tertiary/aromatic N) is 4. The number of hydrogen-bond donors (Lipinski definition) is 1. The molecule has 7 heteroatoms. The number of nitrogens with one attached hydrogen (secondary N) is 1. The molecule has 4 aromatic rings. The van der Waals surface area contributed by atoms with E-state index in [2.05, 4.69) is 78.3 Å². The first-order valence-electron chi connectivity index (χ1n) is 8.81. The van der Waals surface area contributed by atoms with Crippen LogP contribution in [0.3, 0.4) is 0 Å². The van der Waals surface area contributed by atoms with E-state index in [1.54, 1.807) is 11.3 Å². The van der Waals surface area contributed by atoms with E-state index in [0.717, 1.165) is 21.9 Å². The van der Waals surface area contributed by atoms with E-state index in [0.29, 0.717) is 11.4 Å². The first kappa shape index (κ1) is 18.0. The third-order valence-electron chi connectivity index (χ3n) is 4.70. The fourth-order valence-electron chi connectivity index (χ4n) is 2.90. The molecule has 0 aliphatic heterocycles. The van der Waals surface area contributed by atoms with Crippen molar-refractivity contribution < 1.29 is 0 Å². The van der Waals surface area contributed by atoms with Crippen molar-refractivity contribution in [3.63, 3.8) is 0 Å². The van der Waals surface area contributed by atoms with Crippen molar-refractivity contribution in [2.24, 2.45) is 0 Å². The molecule has 0 bridgehead atoms. The van der Waals surface area contributed by atoms with E-state index in [1.807, 2.05) is 10.7 Å². The lowest BCUT2D eigenvalue weighted by Gasteiger charge is -2.22. The third-order valence-corrected chi connectivity index (χ3v) is 6.22. The van der Waals surface area contributed by atoms with Crippen LogP contribution in [-0.4, -0.2) is 31.7 Å². The number of rotatable bonds is 5. The highest BCUT2D eigenvalue weighted by Crippen LogP contribution is 2.29. The second kappa shape index (κ2) is 7.34. The number of aryl methyl sites for hydroxylation is 1. The Hall–Kier alpha value is -2.35. The Balaban J connectivity index is 1.54. The van der Waals surface area contributed by atoms with Gasteiger partial charge in [0.15, 0.2) is 5.82 Å². The molecule has 0 fully saturated rings. The average Bonchev–Trinajstić information content (AvgIpc) is 3.25. The monoisotopic (exact) mass is 395 g/mol. The fraction of sp³-hybridized carbons (Fsp3) is 0.250. The number of H-pyrrole nitrogens is 1. The summed E-state index contributed by atoms with van der Waals surface area (Å²) in [4.78, 5) is 11.5. The Morgan fingerprint density at radius 3 is 2.63 bits per heavy atom. The van der Waals surface area contributed by atoms with Gasteiger partial charge >= 0.3 is 0 Å². The molecular weight excluding hydrogens is 374 g/mol. The van der Waals surface area contributed by atoms with Crippen molar-refractivity contribution in [1.82, 2.24) is 24.6 Å². The van der Waals surface area contributed by atoms with Gasteiger partial charge in [-0.05, 0) is 45.2 Å². The van der Waals surface area contributed by atoms with Gasteiger partial charge in [0, 0.05) is 5.56 Å². The number of aromatic nitrogens is 4. The Kier molecular flexibility index (Phi) is 4.90. The minimum atomic E-state index is 0.176. The maximum Gasteiger partial charge on any atom is 0.217 e. The van der Waals surface area contributed by atoms with Crippen LogP contribution in [0.2, 0.25) is 0 Å². The molecule has 1 N–H and O–H groups in total. The van der Waals surface area contributed by atoms with Gasteiger partial charge in [-0.3, -0.25) is 10.00 Å². The van der Waals surface area contributed by atoms with Gasteiger partial charge in [-0.1, -0.05) is 42.0 Å². The molecule has 138 valence electrons. The Labute approximate surface area is 167 Å². The van der Waals surface area contributed by atoms with Gasteiger partial charge in [0.1, 0.15) is 5.01 Å². The number of aromatic amines is 1. The molecule has 0 spiro atoms. The summed E-state index contributed by atoms with van der Waals surface area (Å²) >= 11 is 7.19. The lowest BCUT2D eigenvalue weighted by Crippen LogP contribution is -2.26. The third kappa shape index (κ3) is 3.71. The smallest absolute Gasteiger partial charge is 0.217 e. The SMILES string of the molecule is Cc1ccc(-c2nc(=S)n(CN(C)C(C)c3nc4ccccc4s3)[nH]2)cc1. The standard InChI is InChI=1S/C20H21N5S2/c1-13-8-10-15(11-9-13)18-22-20(26)25(23-18)12-24(3)14(2)19-21-16-6-4-5-7-17(16)27-19/h4-11,14H,12H2,1-3H3,(H,22,23,26). The quantitative estimate of drug-likeness (QED) is 0.473. The molecule has 1 unspecified atom stereocenters. The van der Waals surface area contributed by atoms with Gasteiger partial charge < -0.3 is 0 Å². The van der Waals surface area contributed by atoms with E-state index in [9.17, 15) is 0 Å². The summed E-state index contributed by atoms with van der Waals surface area (Å²) in [7, 11) is 2.07. The molecule has 0 amide bonds. The first-order valence-corrected chi connectivity index (χ1v) is 10.0. The van der Waals surface area contributed by atoms with E-state index < -0.39 is 0 Å². The molecule has 0 saturated carbocycles. The predicted molar refractivity (Wildman–Crippen MR) is 113 cm³/mol. The summed E-state index contributed by atoms with van der Waals surface area (Å²) in [5, 5.41) is 4.42. The van der Waals surface area contributed by atoms with Crippen LogP contribution in [0, 0.1) is 11.7 Å². The highest BCUT2D eigenvalue weighted by Gasteiger charge is 2.17. The average molecular weight is 396 g/mol. The summed E-state index contributed by atoms with van der Waals surface area (Å²) < 4.78 is 3.66. The second-order valence-corrected chi connectivity index (χ2v) is 8.17. The first-order chi connectivity index (χ1) is 13.0. The Bertz CT molecular complexity index is 1090. The minimum absolute atomic E-state index is 0.176. The predicted octanol–water partition coefficient (Wildman–Crippen LogP) is 5.18. The molecule has 5 nitrogen and oxygen atoms in total. The number of hydrogen-bond acceptors (Lipinski definition) is 5. The molecule has 0 saturated heterocycles. The molecule has 2 aromatic heterocycles. The van der Waals surface area contributed by atoms with Crippen LogP contribution in [0.5, 0.6) is 0 Å². The molecular formula is C20H21N5S2. The van der Waals surface area contributed by atoms with Crippen molar-refractivity contribution in [1.29, 1.82) is 0 Å². The van der Waals surface area contributed by atoms with Crippen molar-refractivity contribution >= 4 is 33.8 Å². The lowest BCUT2D eigenvalue weighted by atomic mass is 10.1. The van der Waals surface area contributed by atoms with Crippen molar-refractivity contribution in [2.45, 2.75) is 26.6 Å². The van der Waals surface area contributed by atoms with Crippen LogP contribution in [-0.2, 0) is 6.67 Å². The molecule has 0 aliphatic carbocycles. The van der Waals surface area contributed by atoms with Gasteiger partial charge in [0.05, 0.1) is 22.9 Å². The van der Waals surface area contributed by atoms with Gasteiger partial charge in [-0.2, -0.15) is 4.98 Å². The highest BCUT2D eigenvalue weighted by molar-refractivity contribution is 7.71. The largest absolute Gasteiger partial charge is 0.278 e. The maximum atomic E-state index is 5.45. The molecule has 2 heterocycles. The van der Waals surface area contributed by atoms with Crippen LogP contribution >= 0.6 is 23.6 Å². The molecule has 2 aromatic carbocycles. The number of thiazole rings is 1. The number of fused-ring (bicyclic) bond motifs is 1. The molecule has 27 heavy (non-hydrogen) atoms. The summed E-state index contributed by atoms with van der Waals surface area (Å²) in [5.74, 6) is 0.793. The number of para-hydroxylation sites is 1. The normalized spacial score (nSPS) is 12.7. The Morgan fingerprint density at radius 1 is 1.15 bits per heavy atom. The molecule has 0 radical (unpaired) electrons. The van der Waals surface area contributed by atoms with E-state index in [-0.39, 0.29) is 6.04 Å². The zero-order chi connectivity index (χ0) is 19.0. The molecule has 1 atom stereocenters. The Morgan fingerprint density at radius 2 is 1.89 bits per heavy atom. The zero-order valence-corrected chi connectivity index (χ0v) is 17.1. The van der Waals surface area contributed by atoms with Crippen molar-refractivity contribution in [2.75, 3.05) is 7.05 Å². The van der Waals surface area contributed by atoms with Crippen LogP contribution < -0.4 is 0 Å². The molecule has 4 rings (SSSR count). The van der Waals surface area contributed by atoms with E-state index >= 15 is 0 Å². The molecule has 0 aliphatic rings. The zero-order valence-electron chi connectivity index (χ0n) is 15.5. The van der Waals surface area contributed by atoms with Gasteiger partial charge in [0.2, 0.25) is 4.77 Å². The summed E-state index contributed by atoms with van der Waals surface area (Å²) in [6.07, 6.45) is 0. The van der Waals surface area contributed by atoms with Crippen LogP contribution in [0.25, 0.3) is 21.6 Å². The van der Waals surface area contributed by atoms with Gasteiger partial charge in [0.25, 0.3) is 0 Å².